The Balaban J connectivity index is 3.11. The molecule has 1 aromatic rings. The molecule has 0 nitrogen and oxygen atoms in total. The molecule has 0 aliphatic heterocycles. The SMILES string of the molecule is CCc1cc(C)cc(CC)c1C=CCCBr. The third kappa shape index (κ3) is 3.48. The third-order valence-electron chi connectivity index (χ3n) is 2.82. The monoisotopic (exact) mass is 280 g/mol. The van der Waals surface area contributed by atoms with Gasteiger partial charge in [-0.3, -0.25) is 0 Å². The average molecular weight is 281 g/mol. The van der Waals surface area contributed by atoms with Crippen LogP contribution >= 0.6 is 15.9 Å². The van der Waals surface area contributed by atoms with Crippen molar-refractivity contribution in [3.05, 3.63) is 40.5 Å². The molecule has 0 spiro atoms. The number of aryl methyl sites for hydroxylation is 3. The van der Waals surface area contributed by atoms with Crippen LogP contribution in [0.5, 0.6) is 0 Å². The third-order valence-corrected chi connectivity index (χ3v) is 3.28. The van der Waals surface area contributed by atoms with Crippen molar-refractivity contribution >= 4 is 22.0 Å². The van der Waals surface area contributed by atoms with E-state index in [9.17, 15) is 0 Å². The largest absolute Gasteiger partial charge is 0.0925 e. The van der Waals surface area contributed by atoms with E-state index >= 15 is 0 Å². The number of rotatable bonds is 5. The number of hydrogen-bond acceptors (Lipinski definition) is 0. The number of benzene rings is 1. The maximum Gasteiger partial charge on any atom is 0.00660 e. The summed E-state index contributed by atoms with van der Waals surface area (Å²) >= 11 is 3.45. The molecule has 0 bridgehead atoms. The highest BCUT2D eigenvalue weighted by atomic mass is 79.9. The van der Waals surface area contributed by atoms with Crippen LogP contribution in [0, 0.1) is 6.92 Å². The molecule has 0 aliphatic carbocycles. The van der Waals surface area contributed by atoms with Crippen molar-refractivity contribution in [2.24, 2.45) is 0 Å². The van der Waals surface area contributed by atoms with Gasteiger partial charge >= 0.3 is 0 Å². The molecule has 0 radical (unpaired) electrons. The predicted molar refractivity (Wildman–Crippen MR) is 77.4 cm³/mol. The Hall–Kier alpha value is -0.560. The van der Waals surface area contributed by atoms with Gasteiger partial charge in [-0.15, -0.1) is 0 Å². The van der Waals surface area contributed by atoms with Gasteiger partial charge in [0, 0.05) is 5.33 Å². The van der Waals surface area contributed by atoms with Crippen LogP contribution in [0.25, 0.3) is 6.08 Å². The number of hydrogen-bond donors (Lipinski definition) is 0. The van der Waals surface area contributed by atoms with E-state index in [1.54, 1.807) is 0 Å². The smallest absolute Gasteiger partial charge is 0.00660 e. The fraction of sp³-hybridized carbons (Fsp3) is 0.467. The summed E-state index contributed by atoms with van der Waals surface area (Å²) in [7, 11) is 0. The summed E-state index contributed by atoms with van der Waals surface area (Å²) in [5.41, 5.74) is 5.77. The Bertz CT molecular complexity index is 339. The van der Waals surface area contributed by atoms with Crippen molar-refractivity contribution in [1.82, 2.24) is 0 Å². The Morgan fingerprint density at radius 3 is 2.12 bits per heavy atom. The zero-order chi connectivity index (χ0) is 12.0. The molecule has 0 saturated carbocycles. The molecule has 0 N–H and O–H groups in total. The van der Waals surface area contributed by atoms with Gasteiger partial charge in [0.15, 0.2) is 0 Å². The molecule has 0 aliphatic rings. The summed E-state index contributed by atoms with van der Waals surface area (Å²) < 4.78 is 0. The molecule has 88 valence electrons. The second kappa shape index (κ2) is 6.90. The highest BCUT2D eigenvalue weighted by Crippen LogP contribution is 2.21. The highest BCUT2D eigenvalue weighted by Gasteiger charge is 2.04. The average Bonchev–Trinajstić information content (AvgIpc) is 2.30. The quantitative estimate of drug-likeness (QED) is 0.672. The first-order chi connectivity index (χ1) is 7.72. The fourth-order valence-corrected chi connectivity index (χ4v) is 2.28. The molecular formula is C15H21Br. The standard InChI is InChI=1S/C15H21Br/c1-4-13-10-12(3)11-14(5-2)15(13)8-6-7-9-16/h6,8,10-11H,4-5,7,9H2,1-3H3. The second-order valence-corrected chi connectivity index (χ2v) is 4.88. The summed E-state index contributed by atoms with van der Waals surface area (Å²) in [6.45, 7) is 6.65. The molecular weight excluding hydrogens is 260 g/mol. The van der Waals surface area contributed by atoms with Crippen molar-refractivity contribution in [3.63, 3.8) is 0 Å². The van der Waals surface area contributed by atoms with E-state index in [1.165, 1.54) is 22.3 Å². The van der Waals surface area contributed by atoms with Gasteiger partial charge in [0.2, 0.25) is 0 Å². The van der Waals surface area contributed by atoms with E-state index in [2.05, 4.69) is 61.0 Å². The van der Waals surface area contributed by atoms with Gasteiger partial charge in [-0.1, -0.05) is 59.6 Å². The van der Waals surface area contributed by atoms with Crippen LogP contribution in [-0.2, 0) is 12.8 Å². The minimum absolute atomic E-state index is 1.04. The zero-order valence-corrected chi connectivity index (χ0v) is 12.1. The van der Waals surface area contributed by atoms with Crippen molar-refractivity contribution in [3.8, 4) is 0 Å². The van der Waals surface area contributed by atoms with E-state index in [4.69, 9.17) is 0 Å². The van der Waals surface area contributed by atoms with Gasteiger partial charge in [-0.2, -0.15) is 0 Å². The van der Waals surface area contributed by atoms with Gasteiger partial charge in [-0.25, -0.2) is 0 Å². The number of allylic oxidation sites excluding steroid dienone is 1. The lowest BCUT2D eigenvalue weighted by Crippen LogP contribution is -1.95. The Morgan fingerprint density at radius 2 is 1.69 bits per heavy atom. The van der Waals surface area contributed by atoms with Crippen LogP contribution in [-0.4, -0.2) is 5.33 Å². The van der Waals surface area contributed by atoms with E-state index in [1.807, 2.05) is 0 Å². The van der Waals surface area contributed by atoms with Crippen LogP contribution in [0.4, 0.5) is 0 Å². The van der Waals surface area contributed by atoms with E-state index in [0.717, 1.165) is 24.6 Å². The van der Waals surface area contributed by atoms with E-state index < -0.39 is 0 Å². The lowest BCUT2D eigenvalue weighted by atomic mass is 9.94. The first-order valence-electron chi connectivity index (χ1n) is 6.07. The minimum atomic E-state index is 1.04. The first kappa shape index (κ1) is 13.5. The van der Waals surface area contributed by atoms with Crippen LogP contribution in [0.2, 0.25) is 0 Å². The molecule has 0 amide bonds. The van der Waals surface area contributed by atoms with Gasteiger partial charge in [0.25, 0.3) is 0 Å². The number of alkyl halides is 1. The molecule has 1 heteroatoms. The van der Waals surface area contributed by atoms with E-state index in [0.29, 0.717) is 0 Å². The second-order valence-electron chi connectivity index (χ2n) is 4.08. The predicted octanol–water partition coefficient (Wildman–Crippen LogP) is 4.92. The molecule has 1 aromatic carbocycles. The summed E-state index contributed by atoms with van der Waals surface area (Å²) in [6, 6.07) is 4.62. The maximum absolute atomic E-state index is 3.45. The lowest BCUT2D eigenvalue weighted by Gasteiger charge is -2.11. The van der Waals surface area contributed by atoms with Gasteiger partial charge < -0.3 is 0 Å². The molecule has 0 heterocycles. The Morgan fingerprint density at radius 1 is 1.12 bits per heavy atom. The molecule has 1 rings (SSSR count). The van der Waals surface area contributed by atoms with E-state index in [-0.39, 0.29) is 0 Å². The highest BCUT2D eigenvalue weighted by molar-refractivity contribution is 9.09. The summed E-state index contributed by atoms with van der Waals surface area (Å²) in [4.78, 5) is 0. The number of halogens is 1. The van der Waals surface area contributed by atoms with Crippen LogP contribution < -0.4 is 0 Å². The molecule has 0 fully saturated rings. The maximum atomic E-state index is 3.45. The van der Waals surface area contributed by atoms with Crippen LogP contribution in [0.3, 0.4) is 0 Å². The molecule has 0 saturated heterocycles. The summed E-state index contributed by atoms with van der Waals surface area (Å²) in [5, 5.41) is 1.04. The summed E-state index contributed by atoms with van der Waals surface area (Å²) in [6.07, 6.45) is 7.88. The normalized spacial score (nSPS) is 11.2. The topological polar surface area (TPSA) is 0 Å². The van der Waals surface area contributed by atoms with Crippen molar-refractivity contribution < 1.29 is 0 Å². The van der Waals surface area contributed by atoms with Crippen molar-refractivity contribution in [2.75, 3.05) is 5.33 Å². The van der Waals surface area contributed by atoms with Crippen molar-refractivity contribution in [2.45, 2.75) is 40.0 Å². The van der Waals surface area contributed by atoms with Gasteiger partial charge in [-0.05, 0) is 42.9 Å². The Kier molecular flexibility index (Phi) is 5.83. The van der Waals surface area contributed by atoms with Gasteiger partial charge in [0.05, 0.1) is 0 Å². The first-order valence-corrected chi connectivity index (χ1v) is 7.20. The van der Waals surface area contributed by atoms with Crippen molar-refractivity contribution in [1.29, 1.82) is 0 Å². The molecule has 0 aromatic heterocycles. The van der Waals surface area contributed by atoms with Crippen LogP contribution in [0.15, 0.2) is 18.2 Å². The Labute approximate surface area is 108 Å². The molecule has 0 atom stereocenters. The molecule has 0 unspecified atom stereocenters. The fourth-order valence-electron chi connectivity index (χ4n) is 2.02. The lowest BCUT2D eigenvalue weighted by molar-refractivity contribution is 1.06. The van der Waals surface area contributed by atoms with Gasteiger partial charge in [0.1, 0.15) is 0 Å². The molecule has 16 heavy (non-hydrogen) atoms. The zero-order valence-electron chi connectivity index (χ0n) is 10.5. The van der Waals surface area contributed by atoms with Crippen LogP contribution in [0.1, 0.15) is 42.5 Å². The summed E-state index contributed by atoms with van der Waals surface area (Å²) in [5.74, 6) is 0. The minimum Gasteiger partial charge on any atom is -0.0925 e.